The topological polar surface area (TPSA) is 119 Å². The van der Waals surface area contributed by atoms with E-state index in [2.05, 4.69) is 4.98 Å². The first-order chi connectivity index (χ1) is 11.5. The summed E-state index contributed by atoms with van der Waals surface area (Å²) in [5.74, 6) is 1.13. The number of aryl methyl sites for hydroxylation is 1. The zero-order valence-electron chi connectivity index (χ0n) is 12.7. The van der Waals surface area contributed by atoms with E-state index in [1.165, 1.54) is 6.07 Å². The van der Waals surface area contributed by atoms with Gasteiger partial charge in [-0.25, -0.2) is 4.98 Å². The highest BCUT2D eigenvalue weighted by Gasteiger charge is 2.20. The van der Waals surface area contributed by atoms with Gasteiger partial charge in [0.1, 0.15) is 29.0 Å². The van der Waals surface area contributed by atoms with Gasteiger partial charge in [0, 0.05) is 11.6 Å². The average Bonchev–Trinajstić information content (AvgIpc) is 3.00. The molecule has 3 rings (SSSR count). The number of nitriles is 1. The van der Waals surface area contributed by atoms with Crippen LogP contribution >= 0.6 is 0 Å². The Bertz CT molecular complexity index is 986. The maximum atomic E-state index is 11.2. The predicted octanol–water partition coefficient (Wildman–Crippen LogP) is 3.68. The van der Waals surface area contributed by atoms with E-state index < -0.39 is 4.92 Å². The van der Waals surface area contributed by atoms with Gasteiger partial charge in [-0.15, -0.1) is 0 Å². The van der Waals surface area contributed by atoms with E-state index in [1.807, 2.05) is 6.07 Å². The quantitative estimate of drug-likeness (QED) is 0.580. The molecule has 118 valence electrons. The number of anilines is 1. The Kier molecular flexibility index (Phi) is 3.72. The van der Waals surface area contributed by atoms with Gasteiger partial charge in [0.25, 0.3) is 5.69 Å². The second kappa shape index (κ2) is 5.85. The zero-order chi connectivity index (χ0) is 17.3. The third-order valence-electron chi connectivity index (χ3n) is 3.54. The van der Waals surface area contributed by atoms with Crippen molar-refractivity contribution in [3.63, 3.8) is 0 Å². The van der Waals surface area contributed by atoms with Gasteiger partial charge in [-0.05, 0) is 31.2 Å². The first-order valence-corrected chi connectivity index (χ1v) is 7.02. The van der Waals surface area contributed by atoms with Crippen molar-refractivity contribution in [1.82, 2.24) is 4.98 Å². The van der Waals surface area contributed by atoms with E-state index >= 15 is 0 Å². The van der Waals surface area contributed by atoms with Gasteiger partial charge in [0.15, 0.2) is 0 Å². The molecule has 3 aromatic rings. The molecule has 0 radical (unpaired) electrons. The fraction of sp³-hybridized carbons (Fsp3) is 0.0588. The standard InChI is InChI=1S/C17H12N4O3/c1-10-6-7-16(24-10)12-8-14(20-17(19)13(12)9-18)11-4-2-3-5-15(11)21(22)23/h2-8H,1H3,(H2,19,20). The molecule has 2 heterocycles. The van der Waals surface area contributed by atoms with E-state index in [0.717, 1.165) is 0 Å². The Balaban J connectivity index is 2.27. The van der Waals surface area contributed by atoms with Crippen molar-refractivity contribution in [3.8, 4) is 28.7 Å². The largest absolute Gasteiger partial charge is 0.461 e. The fourth-order valence-electron chi connectivity index (χ4n) is 2.44. The zero-order valence-corrected chi connectivity index (χ0v) is 12.7. The molecular weight excluding hydrogens is 308 g/mol. The Labute approximate surface area is 137 Å². The molecule has 1 aromatic carbocycles. The van der Waals surface area contributed by atoms with Crippen LogP contribution < -0.4 is 5.73 Å². The summed E-state index contributed by atoms with van der Waals surface area (Å²) in [6.45, 7) is 1.78. The number of rotatable bonds is 3. The molecule has 0 unspecified atom stereocenters. The molecule has 2 aromatic heterocycles. The Morgan fingerprint density at radius 2 is 2.00 bits per heavy atom. The summed E-state index contributed by atoms with van der Waals surface area (Å²) >= 11 is 0. The monoisotopic (exact) mass is 320 g/mol. The lowest BCUT2D eigenvalue weighted by Crippen LogP contribution is -2.01. The molecule has 0 aliphatic carbocycles. The summed E-state index contributed by atoms with van der Waals surface area (Å²) in [4.78, 5) is 14.9. The number of aromatic nitrogens is 1. The van der Waals surface area contributed by atoms with Crippen molar-refractivity contribution in [3.05, 3.63) is 63.9 Å². The summed E-state index contributed by atoms with van der Waals surface area (Å²) in [5.41, 5.74) is 7.06. The lowest BCUT2D eigenvalue weighted by molar-refractivity contribution is -0.384. The molecule has 24 heavy (non-hydrogen) atoms. The van der Waals surface area contributed by atoms with Gasteiger partial charge in [0.2, 0.25) is 0 Å². The Morgan fingerprint density at radius 1 is 1.25 bits per heavy atom. The van der Waals surface area contributed by atoms with Crippen LogP contribution in [0.25, 0.3) is 22.6 Å². The third kappa shape index (κ3) is 2.57. The molecule has 0 aliphatic heterocycles. The molecule has 0 saturated carbocycles. The Hall–Kier alpha value is -3.66. The van der Waals surface area contributed by atoms with Gasteiger partial charge in [-0.3, -0.25) is 10.1 Å². The van der Waals surface area contributed by atoms with Crippen molar-refractivity contribution in [2.75, 3.05) is 5.73 Å². The smallest absolute Gasteiger partial charge is 0.278 e. The van der Waals surface area contributed by atoms with Crippen LogP contribution in [0.1, 0.15) is 11.3 Å². The fourth-order valence-corrected chi connectivity index (χ4v) is 2.44. The molecule has 2 N–H and O–H groups in total. The summed E-state index contributed by atoms with van der Waals surface area (Å²) in [7, 11) is 0. The van der Waals surface area contributed by atoms with Gasteiger partial charge < -0.3 is 10.2 Å². The first kappa shape index (κ1) is 15.2. The number of furan rings is 1. The normalized spacial score (nSPS) is 10.3. The minimum Gasteiger partial charge on any atom is -0.461 e. The molecule has 7 nitrogen and oxygen atoms in total. The van der Waals surface area contributed by atoms with Crippen molar-refractivity contribution in [2.24, 2.45) is 0 Å². The van der Waals surface area contributed by atoms with Gasteiger partial charge in [-0.2, -0.15) is 5.26 Å². The summed E-state index contributed by atoms with van der Waals surface area (Å²) in [6.07, 6.45) is 0. The molecule has 0 fully saturated rings. The summed E-state index contributed by atoms with van der Waals surface area (Å²) < 4.78 is 5.57. The average molecular weight is 320 g/mol. The number of hydrogen-bond acceptors (Lipinski definition) is 6. The Morgan fingerprint density at radius 3 is 2.62 bits per heavy atom. The first-order valence-electron chi connectivity index (χ1n) is 7.02. The van der Waals surface area contributed by atoms with Crippen LogP contribution in [-0.4, -0.2) is 9.91 Å². The van der Waals surface area contributed by atoms with Crippen LogP contribution in [0.2, 0.25) is 0 Å². The highest BCUT2D eigenvalue weighted by molar-refractivity contribution is 5.80. The minimum absolute atomic E-state index is 0.00259. The number of benzene rings is 1. The number of nitrogen functional groups attached to an aromatic ring is 1. The van der Waals surface area contributed by atoms with E-state index in [1.54, 1.807) is 43.3 Å². The van der Waals surface area contributed by atoms with Crippen LogP contribution in [0, 0.1) is 28.4 Å². The highest BCUT2D eigenvalue weighted by atomic mass is 16.6. The molecule has 0 saturated heterocycles. The van der Waals surface area contributed by atoms with E-state index in [-0.39, 0.29) is 17.1 Å². The van der Waals surface area contributed by atoms with Gasteiger partial charge in [-0.1, -0.05) is 12.1 Å². The van der Waals surface area contributed by atoms with E-state index in [0.29, 0.717) is 28.3 Å². The lowest BCUT2D eigenvalue weighted by atomic mass is 10.0. The van der Waals surface area contributed by atoms with Crippen molar-refractivity contribution >= 4 is 11.5 Å². The van der Waals surface area contributed by atoms with Crippen LogP contribution in [0.4, 0.5) is 11.5 Å². The van der Waals surface area contributed by atoms with Gasteiger partial charge >= 0.3 is 0 Å². The molecule has 0 atom stereocenters. The second-order valence-corrected chi connectivity index (χ2v) is 5.11. The lowest BCUT2D eigenvalue weighted by Gasteiger charge is -2.08. The van der Waals surface area contributed by atoms with Crippen LogP contribution in [0.3, 0.4) is 0 Å². The predicted molar refractivity (Wildman–Crippen MR) is 87.9 cm³/mol. The third-order valence-corrected chi connectivity index (χ3v) is 3.54. The molecule has 0 spiro atoms. The van der Waals surface area contributed by atoms with E-state index in [9.17, 15) is 15.4 Å². The SMILES string of the molecule is Cc1ccc(-c2cc(-c3ccccc3[N+](=O)[O-])nc(N)c2C#N)o1. The highest BCUT2D eigenvalue weighted by Crippen LogP contribution is 2.35. The van der Waals surface area contributed by atoms with Crippen molar-refractivity contribution in [1.29, 1.82) is 5.26 Å². The van der Waals surface area contributed by atoms with Crippen LogP contribution in [0.5, 0.6) is 0 Å². The molecule has 0 bridgehead atoms. The number of hydrogen-bond donors (Lipinski definition) is 1. The van der Waals surface area contributed by atoms with Crippen LogP contribution in [-0.2, 0) is 0 Å². The summed E-state index contributed by atoms with van der Waals surface area (Å²) in [5, 5.41) is 20.6. The number of nitrogens with zero attached hydrogens (tertiary/aromatic N) is 3. The van der Waals surface area contributed by atoms with Gasteiger partial charge in [0.05, 0.1) is 16.2 Å². The number of nitro benzene ring substituents is 1. The maximum absolute atomic E-state index is 11.2. The number of nitrogens with two attached hydrogens (primary N) is 1. The number of nitro groups is 1. The second-order valence-electron chi connectivity index (χ2n) is 5.11. The number of para-hydroxylation sites is 1. The molecular formula is C17H12N4O3. The van der Waals surface area contributed by atoms with Crippen molar-refractivity contribution in [2.45, 2.75) is 6.92 Å². The van der Waals surface area contributed by atoms with Crippen LogP contribution in [0.15, 0.2) is 46.9 Å². The maximum Gasteiger partial charge on any atom is 0.278 e. The molecule has 0 amide bonds. The molecule has 7 heteroatoms. The van der Waals surface area contributed by atoms with Crippen molar-refractivity contribution < 1.29 is 9.34 Å². The minimum atomic E-state index is -0.484. The summed E-state index contributed by atoms with van der Waals surface area (Å²) in [6, 6.07) is 13.3. The van der Waals surface area contributed by atoms with E-state index in [4.69, 9.17) is 10.2 Å². The molecule has 0 aliphatic rings. The number of pyridine rings is 1.